The SMILES string of the molecule is COCc1ncnc2oc(C(=O)O)c(N)c12. The second-order valence-corrected chi connectivity index (χ2v) is 3.08. The monoisotopic (exact) mass is 223 g/mol. The average Bonchev–Trinajstić information content (AvgIpc) is 2.58. The number of anilines is 1. The molecule has 0 radical (unpaired) electrons. The number of rotatable bonds is 3. The van der Waals surface area contributed by atoms with Crippen LogP contribution in [0.2, 0.25) is 0 Å². The van der Waals surface area contributed by atoms with Gasteiger partial charge in [0.05, 0.1) is 23.4 Å². The summed E-state index contributed by atoms with van der Waals surface area (Å²) in [6.45, 7) is 0.210. The first-order valence-corrected chi connectivity index (χ1v) is 4.39. The number of nitrogen functional groups attached to an aromatic ring is 1. The molecule has 16 heavy (non-hydrogen) atoms. The first-order chi connectivity index (χ1) is 7.65. The summed E-state index contributed by atoms with van der Waals surface area (Å²) in [5.41, 5.74) is 6.34. The summed E-state index contributed by atoms with van der Waals surface area (Å²) >= 11 is 0. The van der Waals surface area contributed by atoms with Crippen LogP contribution in [0.1, 0.15) is 16.2 Å². The van der Waals surface area contributed by atoms with Crippen molar-refractivity contribution in [3.05, 3.63) is 17.8 Å². The maximum absolute atomic E-state index is 10.8. The molecule has 84 valence electrons. The van der Waals surface area contributed by atoms with Crippen molar-refractivity contribution in [2.24, 2.45) is 0 Å². The first kappa shape index (κ1) is 10.4. The van der Waals surface area contributed by atoms with Gasteiger partial charge in [0, 0.05) is 7.11 Å². The van der Waals surface area contributed by atoms with Gasteiger partial charge in [-0.2, -0.15) is 0 Å². The van der Waals surface area contributed by atoms with E-state index < -0.39 is 5.97 Å². The van der Waals surface area contributed by atoms with E-state index in [4.69, 9.17) is 20.0 Å². The number of furan rings is 1. The van der Waals surface area contributed by atoms with Crippen molar-refractivity contribution >= 4 is 22.8 Å². The number of hydrogen-bond donors (Lipinski definition) is 2. The lowest BCUT2D eigenvalue weighted by molar-refractivity contribution is 0.0666. The topological polar surface area (TPSA) is 111 Å². The Morgan fingerprint density at radius 2 is 2.38 bits per heavy atom. The highest BCUT2D eigenvalue weighted by Gasteiger charge is 2.21. The molecule has 2 rings (SSSR count). The molecule has 0 aliphatic rings. The molecule has 0 bridgehead atoms. The lowest BCUT2D eigenvalue weighted by Gasteiger charge is -1.99. The van der Waals surface area contributed by atoms with Gasteiger partial charge in [-0.1, -0.05) is 0 Å². The molecule has 0 amide bonds. The number of aromatic carboxylic acids is 1. The molecular formula is C9H9N3O4. The Labute approximate surface area is 89.9 Å². The number of nitrogens with two attached hydrogens (primary N) is 1. The summed E-state index contributed by atoms with van der Waals surface area (Å²) in [6.07, 6.45) is 1.27. The maximum Gasteiger partial charge on any atom is 0.374 e. The molecule has 0 unspecified atom stereocenters. The van der Waals surface area contributed by atoms with E-state index in [2.05, 4.69) is 9.97 Å². The van der Waals surface area contributed by atoms with Crippen molar-refractivity contribution in [1.29, 1.82) is 0 Å². The van der Waals surface area contributed by atoms with Crippen molar-refractivity contribution in [3.63, 3.8) is 0 Å². The molecule has 0 aromatic carbocycles. The molecule has 2 aromatic heterocycles. The number of nitrogens with zero attached hydrogens (tertiary/aromatic N) is 2. The van der Waals surface area contributed by atoms with Gasteiger partial charge in [-0.15, -0.1) is 0 Å². The smallest absolute Gasteiger partial charge is 0.374 e. The summed E-state index contributed by atoms with van der Waals surface area (Å²) in [5, 5.41) is 9.22. The van der Waals surface area contributed by atoms with Gasteiger partial charge in [0.15, 0.2) is 0 Å². The van der Waals surface area contributed by atoms with Crippen molar-refractivity contribution in [3.8, 4) is 0 Å². The number of carboxylic acids is 1. The largest absolute Gasteiger partial charge is 0.475 e. The summed E-state index contributed by atoms with van der Waals surface area (Å²) in [4.78, 5) is 18.6. The second-order valence-electron chi connectivity index (χ2n) is 3.08. The summed E-state index contributed by atoms with van der Waals surface area (Å²) in [7, 11) is 1.50. The van der Waals surface area contributed by atoms with E-state index in [9.17, 15) is 4.79 Å². The number of methoxy groups -OCH3 is 1. The minimum atomic E-state index is -1.24. The minimum Gasteiger partial charge on any atom is -0.475 e. The standard InChI is InChI=1S/C9H9N3O4/c1-15-2-4-5-6(10)7(9(13)14)16-8(5)12-3-11-4/h3H,2,10H2,1H3,(H,13,14). The van der Waals surface area contributed by atoms with E-state index in [-0.39, 0.29) is 23.8 Å². The van der Waals surface area contributed by atoms with Crippen LogP contribution in [0.3, 0.4) is 0 Å². The molecule has 0 fully saturated rings. The Hall–Kier alpha value is -2.15. The third-order valence-electron chi connectivity index (χ3n) is 2.08. The third kappa shape index (κ3) is 1.47. The summed E-state index contributed by atoms with van der Waals surface area (Å²) in [5.74, 6) is -1.56. The lowest BCUT2D eigenvalue weighted by Crippen LogP contribution is -2.00. The molecule has 0 spiro atoms. The van der Waals surface area contributed by atoms with Crippen LogP contribution in [0.4, 0.5) is 5.69 Å². The Kier molecular flexibility index (Phi) is 2.45. The quantitative estimate of drug-likeness (QED) is 0.785. The van der Waals surface area contributed by atoms with Gasteiger partial charge in [-0.05, 0) is 0 Å². The lowest BCUT2D eigenvalue weighted by atomic mass is 10.2. The van der Waals surface area contributed by atoms with Gasteiger partial charge in [0.2, 0.25) is 11.5 Å². The van der Waals surface area contributed by atoms with E-state index >= 15 is 0 Å². The molecule has 0 saturated carbocycles. The zero-order chi connectivity index (χ0) is 11.7. The highest BCUT2D eigenvalue weighted by Crippen LogP contribution is 2.28. The molecule has 0 atom stereocenters. The van der Waals surface area contributed by atoms with E-state index in [1.54, 1.807) is 0 Å². The van der Waals surface area contributed by atoms with Crippen molar-refractivity contribution in [2.45, 2.75) is 6.61 Å². The molecule has 2 heterocycles. The number of ether oxygens (including phenoxy) is 1. The van der Waals surface area contributed by atoms with Crippen molar-refractivity contribution in [2.75, 3.05) is 12.8 Å². The fourth-order valence-electron chi connectivity index (χ4n) is 1.42. The number of aromatic nitrogens is 2. The zero-order valence-electron chi connectivity index (χ0n) is 8.43. The van der Waals surface area contributed by atoms with E-state index in [0.29, 0.717) is 11.1 Å². The molecule has 7 heteroatoms. The van der Waals surface area contributed by atoms with Crippen LogP contribution in [0, 0.1) is 0 Å². The van der Waals surface area contributed by atoms with Gasteiger partial charge < -0.3 is 20.0 Å². The molecule has 7 nitrogen and oxygen atoms in total. The predicted octanol–water partition coefficient (Wildman–Crippen LogP) is 0.650. The number of hydrogen-bond acceptors (Lipinski definition) is 6. The molecule has 0 aliphatic carbocycles. The highest BCUT2D eigenvalue weighted by atomic mass is 16.5. The Morgan fingerprint density at radius 1 is 1.62 bits per heavy atom. The van der Waals surface area contributed by atoms with Crippen LogP contribution in [-0.4, -0.2) is 28.2 Å². The molecule has 3 N–H and O–H groups in total. The van der Waals surface area contributed by atoms with Crippen LogP contribution < -0.4 is 5.73 Å². The fraction of sp³-hybridized carbons (Fsp3) is 0.222. The van der Waals surface area contributed by atoms with Gasteiger partial charge >= 0.3 is 5.97 Å². The minimum absolute atomic E-state index is 0.0233. The molecule has 0 saturated heterocycles. The molecule has 0 aliphatic heterocycles. The second kappa shape index (κ2) is 3.78. The summed E-state index contributed by atoms with van der Waals surface area (Å²) in [6, 6.07) is 0. The van der Waals surface area contributed by atoms with Crippen molar-refractivity contribution in [1.82, 2.24) is 9.97 Å². The van der Waals surface area contributed by atoms with E-state index in [1.165, 1.54) is 13.4 Å². The van der Waals surface area contributed by atoms with Gasteiger partial charge in [-0.3, -0.25) is 0 Å². The summed E-state index contributed by atoms with van der Waals surface area (Å²) < 4.78 is 9.94. The maximum atomic E-state index is 10.8. The molecular weight excluding hydrogens is 214 g/mol. The van der Waals surface area contributed by atoms with E-state index in [1.807, 2.05) is 0 Å². The number of fused-ring (bicyclic) bond motifs is 1. The van der Waals surface area contributed by atoms with Crippen molar-refractivity contribution < 1.29 is 19.1 Å². The van der Waals surface area contributed by atoms with Crippen LogP contribution in [0.25, 0.3) is 11.1 Å². The van der Waals surface area contributed by atoms with Gasteiger partial charge in [0.1, 0.15) is 6.33 Å². The van der Waals surface area contributed by atoms with E-state index in [0.717, 1.165) is 0 Å². The Morgan fingerprint density at radius 3 is 3.00 bits per heavy atom. The Balaban J connectivity index is 2.71. The normalized spacial score (nSPS) is 10.8. The number of carbonyl (C=O) groups is 1. The molecule has 2 aromatic rings. The first-order valence-electron chi connectivity index (χ1n) is 4.39. The Bertz CT molecular complexity index is 549. The third-order valence-corrected chi connectivity index (χ3v) is 2.08. The van der Waals surface area contributed by atoms with Crippen LogP contribution in [0.15, 0.2) is 10.7 Å². The zero-order valence-corrected chi connectivity index (χ0v) is 8.43. The predicted molar refractivity (Wildman–Crippen MR) is 53.9 cm³/mol. The van der Waals surface area contributed by atoms with Crippen LogP contribution >= 0.6 is 0 Å². The van der Waals surface area contributed by atoms with Gasteiger partial charge in [0.25, 0.3) is 0 Å². The number of carboxylic acid groups (broad SMARTS) is 1. The highest BCUT2D eigenvalue weighted by molar-refractivity contribution is 6.02. The van der Waals surface area contributed by atoms with Gasteiger partial charge in [-0.25, -0.2) is 14.8 Å². The van der Waals surface area contributed by atoms with Crippen LogP contribution in [-0.2, 0) is 11.3 Å². The average molecular weight is 223 g/mol. The van der Waals surface area contributed by atoms with Crippen LogP contribution in [0.5, 0.6) is 0 Å². The fourth-order valence-corrected chi connectivity index (χ4v) is 1.42.